The monoisotopic (exact) mass is 396 g/mol. The highest BCUT2D eigenvalue weighted by Crippen LogP contribution is 2.12. The number of amides is 1. The van der Waals surface area contributed by atoms with Crippen molar-refractivity contribution in [2.24, 2.45) is 10.9 Å². The van der Waals surface area contributed by atoms with Crippen LogP contribution in [0.15, 0.2) is 29.3 Å². The summed E-state index contributed by atoms with van der Waals surface area (Å²) in [5.74, 6) is 1.06. The number of carbonyl (C=O) groups is 1. The van der Waals surface area contributed by atoms with Crippen LogP contribution in [0.25, 0.3) is 0 Å². The first-order chi connectivity index (χ1) is 12.6. The number of aliphatic imine (C=N–C) groups is 1. The minimum Gasteiger partial charge on any atom is -0.354 e. The van der Waals surface area contributed by atoms with Crippen LogP contribution in [-0.4, -0.2) is 45.4 Å². The molecule has 1 aromatic rings. The van der Waals surface area contributed by atoms with Gasteiger partial charge in [0.15, 0.2) is 5.96 Å². The quantitative estimate of drug-likeness (QED) is 0.439. The molecule has 0 radical (unpaired) electrons. The van der Waals surface area contributed by atoms with E-state index in [-0.39, 0.29) is 17.7 Å². The van der Waals surface area contributed by atoms with Crippen molar-refractivity contribution in [2.75, 3.05) is 24.4 Å². The second kappa shape index (κ2) is 10.9. The van der Waals surface area contributed by atoms with E-state index in [9.17, 15) is 13.2 Å². The Morgan fingerprint density at radius 2 is 1.93 bits per heavy atom. The Morgan fingerprint density at radius 3 is 2.52 bits per heavy atom. The summed E-state index contributed by atoms with van der Waals surface area (Å²) in [6.45, 7) is 6.47. The van der Waals surface area contributed by atoms with Gasteiger partial charge in [0.05, 0.1) is 5.75 Å². The minimum atomic E-state index is -2.97. The molecule has 1 aromatic carbocycles. The maximum Gasteiger partial charge on any atom is 0.224 e. The van der Waals surface area contributed by atoms with Crippen LogP contribution in [0, 0.1) is 5.92 Å². The molecule has 0 saturated carbocycles. The molecule has 1 atom stereocenters. The van der Waals surface area contributed by atoms with E-state index >= 15 is 0 Å². The smallest absolute Gasteiger partial charge is 0.224 e. The van der Waals surface area contributed by atoms with Crippen molar-refractivity contribution in [3.63, 3.8) is 0 Å². The molecule has 3 N–H and O–H groups in total. The lowest BCUT2D eigenvalue weighted by molar-refractivity contribution is -0.116. The topological polar surface area (TPSA) is 99.7 Å². The van der Waals surface area contributed by atoms with E-state index < -0.39 is 9.84 Å². The predicted molar refractivity (Wildman–Crippen MR) is 112 cm³/mol. The molecule has 0 heterocycles. The minimum absolute atomic E-state index is 0.00675. The zero-order chi connectivity index (χ0) is 20.4. The van der Waals surface area contributed by atoms with Crippen molar-refractivity contribution < 1.29 is 13.2 Å². The molecule has 1 rings (SSSR count). The van der Waals surface area contributed by atoms with Crippen LogP contribution in [0.4, 0.5) is 5.69 Å². The average molecular weight is 397 g/mol. The number of sulfone groups is 1. The maximum absolute atomic E-state index is 11.9. The Balaban J connectivity index is 2.55. The molecular weight excluding hydrogens is 364 g/mol. The first-order valence-corrected chi connectivity index (χ1v) is 11.2. The molecule has 7 nitrogen and oxygen atoms in total. The molecule has 0 bridgehead atoms. The summed E-state index contributed by atoms with van der Waals surface area (Å²) in [5.41, 5.74) is 1.77. The van der Waals surface area contributed by atoms with Crippen molar-refractivity contribution in [2.45, 2.75) is 46.2 Å². The Kier molecular flexibility index (Phi) is 9.28. The number of hydrogen-bond donors (Lipinski definition) is 3. The van der Waals surface area contributed by atoms with Gasteiger partial charge in [0.25, 0.3) is 0 Å². The van der Waals surface area contributed by atoms with Crippen LogP contribution in [-0.2, 0) is 21.2 Å². The SMILES string of the molecule is CN=C(NCc1cccc(NC(=O)CC(C)C)c1)NC(C)CCS(C)(=O)=O. The van der Waals surface area contributed by atoms with E-state index in [1.165, 1.54) is 6.26 Å². The van der Waals surface area contributed by atoms with Gasteiger partial charge in [-0.25, -0.2) is 8.42 Å². The summed E-state index contributed by atoms with van der Waals surface area (Å²) in [4.78, 5) is 16.1. The zero-order valence-corrected chi connectivity index (χ0v) is 17.7. The van der Waals surface area contributed by atoms with Crippen molar-refractivity contribution >= 4 is 27.4 Å². The molecular formula is C19H32N4O3S. The van der Waals surface area contributed by atoms with Gasteiger partial charge in [-0.2, -0.15) is 0 Å². The zero-order valence-electron chi connectivity index (χ0n) is 16.9. The summed E-state index contributed by atoms with van der Waals surface area (Å²) < 4.78 is 22.5. The number of nitrogens with zero attached hydrogens (tertiary/aromatic N) is 1. The van der Waals surface area contributed by atoms with Crippen LogP contribution >= 0.6 is 0 Å². The highest BCUT2D eigenvalue weighted by molar-refractivity contribution is 7.90. The summed E-state index contributed by atoms with van der Waals surface area (Å²) in [6.07, 6.45) is 2.24. The van der Waals surface area contributed by atoms with Crippen LogP contribution in [0.5, 0.6) is 0 Å². The van der Waals surface area contributed by atoms with Gasteiger partial charge in [-0.15, -0.1) is 0 Å². The average Bonchev–Trinajstić information content (AvgIpc) is 2.55. The molecule has 0 aliphatic rings. The predicted octanol–water partition coefficient (Wildman–Crippen LogP) is 2.16. The van der Waals surface area contributed by atoms with Crippen molar-refractivity contribution in [3.8, 4) is 0 Å². The van der Waals surface area contributed by atoms with Crippen molar-refractivity contribution in [1.29, 1.82) is 0 Å². The summed E-state index contributed by atoms with van der Waals surface area (Å²) in [7, 11) is -1.31. The highest BCUT2D eigenvalue weighted by atomic mass is 32.2. The number of guanidine groups is 1. The number of nitrogens with one attached hydrogen (secondary N) is 3. The normalized spacial score (nSPS) is 13.3. The molecule has 27 heavy (non-hydrogen) atoms. The second-order valence-electron chi connectivity index (χ2n) is 7.24. The lowest BCUT2D eigenvalue weighted by Crippen LogP contribution is -2.42. The van der Waals surface area contributed by atoms with Gasteiger partial charge in [-0.1, -0.05) is 26.0 Å². The fourth-order valence-electron chi connectivity index (χ4n) is 2.42. The Morgan fingerprint density at radius 1 is 1.22 bits per heavy atom. The number of rotatable bonds is 9. The standard InChI is InChI=1S/C19H32N4O3S/c1-14(2)11-18(24)23-17-8-6-7-16(12-17)13-21-19(20-4)22-15(3)9-10-27(5,25)26/h6-8,12,14-15H,9-11,13H2,1-5H3,(H,23,24)(H2,20,21,22). The van der Waals surface area contributed by atoms with Gasteiger partial charge < -0.3 is 16.0 Å². The van der Waals surface area contributed by atoms with Gasteiger partial charge in [-0.3, -0.25) is 9.79 Å². The molecule has 1 amide bonds. The molecule has 1 unspecified atom stereocenters. The first kappa shape index (κ1) is 23.0. The lowest BCUT2D eigenvalue weighted by Gasteiger charge is -2.18. The maximum atomic E-state index is 11.9. The highest BCUT2D eigenvalue weighted by Gasteiger charge is 2.10. The molecule has 0 fully saturated rings. The summed E-state index contributed by atoms with van der Waals surface area (Å²) in [6, 6.07) is 7.62. The Labute approximate surface area is 163 Å². The van der Waals surface area contributed by atoms with Gasteiger partial charge in [-0.05, 0) is 37.0 Å². The number of hydrogen-bond acceptors (Lipinski definition) is 4. The molecule has 0 saturated heterocycles. The van der Waals surface area contributed by atoms with Crippen molar-refractivity contribution in [1.82, 2.24) is 10.6 Å². The van der Waals surface area contributed by atoms with Crippen LogP contribution in [0.3, 0.4) is 0 Å². The van der Waals surface area contributed by atoms with Crippen LogP contribution in [0.2, 0.25) is 0 Å². The van der Waals surface area contributed by atoms with Crippen LogP contribution < -0.4 is 16.0 Å². The largest absolute Gasteiger partial charge is 0.354 e. The fourth-order valence-corrected chi connectivity index (χ4v) is 3.20. The Hall–Kier alpha value is -2.09. The molecule has 0 spiro atoms. The third-order valence-electron chi connectivity index (χ3n) is 3.79. The van der Waals surface area contributed by atoms with E-state index in [2.05, 4.69) is 20.9 Å². The van der Waals surface area contributed by atoms with E-state index in [1.807, 2.05) is 45.0 Å². The molecule has 0 aromatic heterocycles. The van der Waals surface area contributed by atoms with Crippen LogP contribution in [0.1, 0.15) is 39.2 Å². The third kappa shape index (κ3) is 10.6. The van der Waals surface area contributed by atoms with E-state index in [0.29, 0.717) is 31.3 Å². The van der Waals surface area contributed by atoms with Gasteiger partial charge in [0.2, 0.25) is 5.91 Å². The summed E-state index contributed by atoms with van der Waals surface area (Å²) in [5, 5.41) is 9.29. The lowest BCUT2D eigenvalue weighted by atomic mass is 10.1. The van der Waals surface area contributed by atoms with E-state index in [1.54, 1.807) is 7.05 Å². The van der Waals surface area contributed by atoms with E-state index in [4.69, 9.17) is 0 Å². The number of anilines is 1. The fraction of sp³-hybridized carbons (Fsp3) is 0.579. The summed E-state index contributed by atoms with van der Waals surface area (Å²) >= 11 is 0. The second-order valence-corrected chi connectivity index (χ2v) is 9.50. The first-order valence-electron chi connectivity index (χ1n) is 9.12. The Bertz CT molecular complexity index is 745. The third-order valence-corrected chi connectivity index (χ3v) is 4.77. The molecule has 0 aliphatic carbocycles. The molecule has 152 valence electrons. The van der Waals surface area contributed by atoms with E-state index in [0.717, 1.165) is 11.3 Å². The molecule has 8 heteroatoms. The van der Waals surface area contributed by atoms with Gasteiger partial charge in [0, 0.05) is 38.0 Å². The molecule has 0 aliphatic heterocycles. The van der Waals surface area contributed by atoms with Crippen molar-refractivity contribution in [3.05, 3.63) is 29.8 Å². The van der Waals surface area contributed by atoms with Gasteiger partial charge in [0.1, 0.15) is 9.84 Å². The van der Waals surface area contributed by atoms with Gasteiger partial charge >= 0.3 is 0 Å². The number of carbonyl (C=O) groups excluding carboxylic acids is 1. The number of benzene rings is 1.